The number of methoxy groups -OCH3 is 1. The van der Waals surface area contributed by atoms with Crippen molar-refractivity contribution in [2.24, 2.45) is 0 Å². The molecule has 1 amide bonds. The van der Waals surface area contributed by atoms with Gasteiger partial charge in [-0.1, -0.05) is 60.7 Å². The highest BCUT2D eigenvalue weighted by Crippen LogP contribution is 2.22. The van der Waals surface area contributed by atoms with Crippen molar-refractivity contribution in [2.45, 2.75) is 19.1 Å². The third kappa shape index (κ3) is 4.96. The molecule has 0 radical (unpaired) electrons. The van der Waals surface area contributed by atoms with E-state index in [1.807, 2.05) is 72.8 Å². The molecule has 2 N–H and O–H groups in total. The van der Waals surface area contributed by atoms with Gasteiger partial charge in [0.1, 0.15) is 0 Å². The number of amides is 1. The van der Waals surface area contributed by atoms with E-state index < -0.39 is 6.10 Å². The van der Waals surface area contributed by atoms with Crippen molar-refractivity contribution in [3.8, 4) is 0 Å². The second kappa shape index (κ2) is 9.01. The summed E-state index contributed by atoms with van der Waals surface area (Å²) in [5, 5.41) is 6.37. The molecule has 2 unspecified atom stereocenters. The van der Waals surface area contributed by atoms with Gasteiger partial charge in [0.15, 0.2) is 6.10 Å². The lowest BCUT2D eigenvalue weighted by Gasteiger charge is -2.17. The summed E-state index contributed by atoms with van der Waals surface area (Å²) < 4.78 is 5.37. The lowest BCUT2D eigenvalue weighted by molar-refractivity contribution is -0.126. The maximum Gasteiger partial charge on any atom is 0.258 e. The number of anilines is 2. The third-order valence-electron chi connectivity index (χ3n) is 4.41. The van der Waals surface area contributed by atoms with Gasteiger partial charge in [-0.2, -0.15) is 0 Å². The van der Waals surface area contributed by atoms with E-state index in [4.69, 9.17) is 4.74 Å². The van der Waals surface area contributed by atoms with Gasteiger partial charge in [-0.05, 0) is 42.3 Å². The average Bonchev–Trinajstić information content (AvgIpc) is 2.71. The Bertz CT molecular complexity index is 849. The molecule has 0 fully saturated rings. The second-order valence-electron chi connectivity index (χ2n) is 6.37. The highest BCUT2D eigenvalue weighted by atomic mass is 16.5. The molecule has 2 atom stereocenters. The minimum atomic E-state index is -0.637. The number of ether oxygens (including phenoxy) is 1. The molecule has 4 nitrogen and oxygen atoms in total. The maximum atomic E-state index is 12.5. The van der Waals surface area contributed by atoms with Crippen LogP contribution < -0.4 is 10.6 Å². The lowest BCUT2D eigenvalue weighted by Crippen LogP contribution is -2.22. The van der Waals surface area contributed by atoms with Crippen molar-refractivity contribution in [1.29, 1.82) is 0 Å². The van der Waals surface area contributed by atoms with Gasteiger partial charge in [0.25, 0.3) is 5.91 Å². The molecule has 0 aliphatic heterocycles. The molecular formula is C23H24N2O2. The van der Waals surface area contributed by atoms with Gasteiger partial charge in [0, 0.05) is 24.5 Å². The summed E-state index contributed by atoms with van der Waals surface area (Å²) in [6.07, 6.45) is -0.637. The summed E-state index contributed by atoms with van der Waals surface area (Å²) >= 11 is 0. The van der Waals surface area contributed by atoms with E-state index in [2.05, 4.69) is 29.7 Å². The molecule has 0 bridgehead atoms. The van der Waals surface area contributed by atoms with Crippen LogP contribution in [0.25, 0.3) is 0 Å². The smallest absolute Gasteiger partial charge is 0.258 e. The first-order valence-electron chi connectivity index (χ1n) is 8.97. The van der Waals surface area contributed by atoms with Crippen LogP contribution >= 0.6 is 0 Å². The van der Waals surface area contributed by atoms with E-state index in [1.165, 1.54) is 12.7 Å². The van der Waals surface area contributed by atoms with Crippen LogP contribution in [0.1, 0.15) is 30.2 Å². The summed E-state index contributed by atoms with van der Waals surface area (Å²) in [7, 11) is 1.54. The van der Waals surface area contributed by atoms with E-state index >= 15 is 0 Å². The molecule has 0 aromatic heterocycles. The Kier molecular flexibility index (Phi) is 6.23. The number of carbonyl (C=O) groups excluding carboxylic acids is 1. The monoisotopic (exact) mass is 360 g/mol. The average molecular weight is 360 g/mol. The van der Waals surface area contributed by atoms with Crippen LogP contribution in [0, 0.1) is 0 Å². The number of benzene rings is 3. The Labute approximate surface area is 160 Å². The number of rotatable bonds is 7. The Morgan fingerprint density at radius 2 is 1.30 bits per heavy atom. The zero-order chi connectivity index (χ0) is 19.1. The lowest BCUT2D eigenvalue weighted by atomic mass is 10.1. The molecule has 3 aromatic carbocycles. The Morgan fingerprint density at radius 3 is 1.85 bits per heavy atom. The van der Waals surface area contributed by atoms with Gasteiger partial charge in [-0.25, -0.2) is 0 Å². The van der Waals surface area contributed by atoms with Crippen molar-refractivity contribution in [3.05, 3.63) is 96.1 Å². The number of hydrogen-bond donors (Lipinski definition) is 2. The van der Waals surface area contributed by atoms with Crippen molar-refractivity contribution in [2.75, 3.05) is 17.7 Å². The predicted molar refractivity (Wildman–Crippen MR) is 110 cm³/mol. The summed E-state index contributed by atoms with van der Waals surface area (Å²) in [6.45, 7) is 2.12. The molecule has 3 rings (SSSR count). The molecule has 0 saturated heterocycles. The standard InChI is InChI=1S/C23H24N2O2/c1-17(18-9-5-3-6-10-18)24-20-13-15-21(16-14-20)25-23(26)22(27-2)19-11-7-4-8-12-19/h3-17,22,24H,1-2H3,(H,25,26). The molecule has 3 aromatic rings. The van der Waals surface area contributed by atoms with Crippen LogP contribution in [0.2, 0.25) is 0 Å². The molecule has 0 spiro atoms. The van der Waals surface area contributed by atoms with E-state index in [1.54, 1.807) is 0 Å². The molecule has 0 saturated carbocycles. The van der Waals surface area contributed by atoms with Crippen molar-refractivity contribution < 1.29 is 9.53 Å². The largest absolute Gasteiger partial charge is 0.379 e. The van der Waals surface area contributed by atoms with E-state index in [9.17, 15) is 4.79 Å². The molecule has 0 heterocycles. The fraction of sp³-hybridized carbons (Fsp3) is 0.174. The van der Waals surface area contributed by atoms with Gasteiger partial charge in [0.2, 0.25) is 0 Å². The first-order valence-corrected chi connectivity index (χ1v) is 8.97. The van der Waals surface area contributed by atoms with Crippen LogP contribution in [-0.4, -0.2) is 13.0 Å². The molecule has 0 aliphatic rings. The number of hydrogen-bond acceptors (Lipinski definition) is 3. The fourth-order valence-corrected chi connectivity index (χ4v) is 2.95. The topological polar surface area (TPSA) is 50.4 Å². The highest BCUT2D eigenvalue weighted by Gasteiger charge is 2.19. The van der Waals surface area contributed by atoms with Crippen LogP contribution in [0.4, 0.5) is 11.4 Å². The van der Waals surface area contributed by atoms with Crippen LogP contribution in [0.15, 0.2) is 84.9 Å². The minimum Gasteiger partial charge on any atom is -0.379 e. The summed E-state index contributed by atoms with van der Waals surface area (Å²) in [4.78, 5) is 12.5. The van der Waals surface area contributed by atoms with E-state index in [0.717, 1.165) is 16.9 Å². The maximum absolute atomic E-state index is 12.5. The van der Waals surface area contributed by atoms with Crippen molar-refractivity contribution in [1.82, 2.24) is 0 Å². The van der Waals surface area contributed by atoms with Gasteiger partial charge in [0.05, 0.1) is 0 Å². The van der Waals surface area contributed by atoms with Crippen LogP contribution in [0.5, 0.6) is 0 Å². The molecule has 4 heteroatoms. The van der Waals surface area contributed by atoms with Gasteiger partial charge in [-0.15, -0.1) is 0 Å². The quantitative estimate of drug-likeness (QED) is 0.610. The normalized spacial score (nSPS) is 12.8. The summed E-state index contributed by atoms with van der Waals surface area (Å²) in [5.41, 5.74) is 3.78. The van der Waals surface area contributed by atoms with E-state index in [-0.39, 0.29) is 11.9 Å². The van der Waals surface area contributed by atoms with E-state index in [0.29, 0.717) is 0 Å². The van der Waals surface area contributed by atoms with Gasteiger partial charge in [-0.3, -0.25) is 4.79 Å². The number of nitrogens with one attached hydrogen (secondary N) is 2. The van der Waals surface area contributed by atoms with Crippen molar-refractivity contribution in [3.63, 3.8) is 0 Å². The van der Waals surface area contributed by atoms with Crippen LogP contribution in [0.3, 0.4) is 0 Å². The minimum absolute atomic E-state index is 0.193. The molecular weight excluding hydrogens is 336 g/mol. The molecule has 138 valence electrons. The summed E-state index contributed by atoms with van der Waals surface area (Å²) in [6, 6.07) is 27.6. The van der Waals surface area contributed by atoms with Gasteiger partial charge >= 0.3 is 0 Å². The SMILES string of the molecule is COC(C(=O)Nc1ccc(NC(C)c2ccccc2)cc1)c1ccccc1. The van der Waals surface area contributed by atoms with Crippen molar-refractivity contribution >= 4 is 17.3 Å². The highest BCUT2D eigenvalue weighted by molar-refractivity contribution is 5.95. The van der Waals surface area contributed by atoms with Crippen LogP contribution in [-0.2, 0) is 9.53 Å². The first kappa shape index (κ1) is 18.7. The Morgan fingerprint density at radius 1 is 0.778 bits per heavy atom. The second-order valence-corrected chi connectivity index (χ2v) is 6.37. The fourth-order valence-electron chi connectivity index (χ4n) is 2.95. The van der Waals surface area contributed by atoms with Gasteiger partial charge < -0.3 is 15.4 Å². The first-order chi connectivity index (χ1) is 13.2. The Hall–Kier alpha value is -3.11. The number of carbonyl (C=O) groups is 1. The zero-order valence-electron chi connectivity index (χ0n) is 15.6. The summed E-state index contributed by atoms with van der Waals surface area (Å²) in [5.74, 6) is -0.193. The molecule has 27 heavy (non-hydrogen) atoms. The third-order valence-corrected chi connectivity index (χ3v) is 4.41. The molecule has 0 aliphatic carbocycles. The predicted octanol–water partition coefficient (Wildman–Crippen LogP) is 5.19. The zero-order valence-corrected chi connectivity index (χ0v) is 15.6. The Balaban J connectivity index is 1.62.